The third-order valence-electron chi connectivity index (χ3n) is 2.76. The Balaban J connectivity index is 2.84. The Labute approximate surface area is 127 Å². The monoisotopic (exact) mass is 335 g/mol. The first-order valence-electron chi connectivity index (χ1n) is 5.52. The third-order valence-corrected chi connectivity index (χ3v) is 3.58. The van der Waals surface area contributed by atoms with E-state index >= 15 is 0 Å². The quantitative estimate of drug-likeness (QED) is 0.530. The second-order valence-electron chi connectivity index (χ2n) is 4.06. The van der Waals surface area contributed by atoms with Gasteiger partial charge in [-0.15, -0.1) is 0 Å². The van der Waals surface area contributed by atoms with Crippen LogP contribution in [0.2, 0.25) is 10.0 Å². The number of rotatable bonds is 2. The largest absolute Gasteiger partial charge is 0.423 e. The van der Waals surface area contributed by atoms with Gasteiger partial charge in [-0.05, 0) is 6.07 Å². The summed E-state index contributed by atoms with van der Waals surface area (Å²) in [7, 11) is 0. The molecule has 0 saturated heterocycles. The molecule has 21 heavy (non-hydrogen) atoms. The summed E-state index contributed by atoms with van der Waals surface area (Å²) < 4.78 is 39.6. The number of nitro benzene ring substituents is 1. The van der Waals surface area contributed by atoms with Crippen LogP contribution in [0, 0.1) is 10.1 Å². The Morgan fingerprint density at radius 1 is 1.00 bits per heavy atom. The van der Waals surface area contributed by atoms with Gasteiger partial charge in [0, 0.05) is 17.2 Å². The Morgan fingerprint density at radius 2 is 1.57 bits per heavy atom. The smallest absolute Gasteiger partial charge is 0.258 e. The van der Waals surface area contributed by atoms with Crippen molar-refractivity contribution in [1.82, 2.24) is 0 Å². The van der Waals surface area contributed by atoms with Crippen LogP contribution in [0.1, 0.15) is 5.56 Å². The van der Waals surface area contributed by atoms with E-state index in [9.17, 15) is 23.3 Å². The maximum Gasteiger partial charge on any atom is 0.423 e. The van der Waals surface area contributed by atoms with Gasteiger partial charge >= 0.3 is 6.18 Å². The lowest BCUT2D eigenvalue weighted by atomic mass is 9.97. The minimum absolute atomic E-state index is 0.0137. The predicted molar refractivity (Wildman–Crippen MR) is 73.6 cm³/mol. The molecule has 0 amide bonds. The van der Waals surface area contributed by atoms with Crippen molar-refractivity contribution < 1.29 is 18.1 Å². The molecule has 0 atom stereocenters. The number of halogens is 5. The molecule has 0 unspecified atom stereocenters. The van der Waals surface area contributed by atoms with Crippen molar-refractivity contribution >= 4 is 28.9 Å². The van der Waals surface area contributed by atoms with E-state index in [0.29, 0.717) is 0 Å². The Kier molecular flexibility index (Phi) is 4.11. The molecule has 0 spiro atoms. The zero-order valence-electron chi connectivity index (χ0n) is 10.1. The molecule has 0 aliphatic rings. The van der Waals surface area contributed by atoms with Crippen molar-refractivity contribution in [1.29, 1.82) is 0 Å². The molecule has 0 N–H and O–H groups in total. The summed E-state index contributed by atoms with van der Waals surface area (Å²) in [5, 5.41) is 10.8. The van der Waals surface area contributed by atoms with Crippen molar-refractivity contribution in [3.63, 3.8) is 0 Å². The van der Waals surface area contributed by atoms with Crippen LogP contribution < -0.4 is 0 Å². The fourth-order valence-electron chi connectivity index (χ4n) is 1.93. The van der Waals surface area contributed by atoms with Gasteiger partial charge in [0.15, 0.2) is 0 Å². The zero-order valence-corrected chi connectivity index (χ0v) is 11.6. The summed E-state index contributed by atoms with van der Waals surface area (Å²) >= 11 is 11.7. The summed E-state index contributed by atoms with van der Waals surface area (Å²) in [6.45, 7) is 0. The third kappa shape index (κ3) is 2.96. The maximum atomic E-state index is 13.2. The van der Waals surface area contributed by atoms with Gasteiger partial charge in [0.05, 0.1) is 15.0 Å². The minimum Gasteiger partial charge on any atom is -0.258 e. The van der Waals surface area contributed by atoms with Crippen molar-refractivity contribution in [2.75, 3.05) is 0 Å². The fourth-order valence-corrected chi connectivity index (χ4v) is 2.33. The van der Waals surface area contributed by atoms with Crippen LogP contribution in [0.25, 0.3) is 11.1 Å². The van der Waals surface area contributed by atoms with Crippen LogP contribution in [0.5, 0.6) is 0 Å². The van der Waals surface area contributed by atoms with E-state index < -0.39 is 22.4 Å². The van der Waals surface area contributed by atoms with E-state index in [1.165, 1.54) is 24.3 Å². The second-order valence-corrected chi connectivity index (χ2v) is 4.84. The molecule has 2 aromatic carbocycles. The summed E-state index contributed by atoms with van der Waals surface area (Å²) in [5.41, 5.74) is -2.78. The molecule has 8 heteroatoms. The summed E-state index contributed by atoms with van der Waals surface area (Å²) in [5.74, 6) is 0. The molecule has 2 aromatic rings. The average molecular weight is 336 g/mol. The topological polar surface area (TPSA) is 43.1 Å². The molecule has 0 aliphatic heterocycles. The lowest BCUT2D eigenvalue weighted by Gasteiger charge is -2.14. The molecule has 0 aliphatic carbocycles. The van der Waals surface area contributed by atoms with Gasteiger partial charge in [-0.3, -0.25) is 10.1 Å². The van der Waals surface area contributed by atoms with E-state index in [0.717, 1.165) is 12.1 Å². The lowest BCUT2D eigenvalue weighted by molar-refractivity contribution is -0.388. The van der Waals surface area contributed by atoms with Crippen molar-refractivity contribution in [3.8, 4) is 11.1 Å². The molecule has 110 valence electrons. The van der Waals surface area contributed by atoms with Crippen LogP contribution in [0.15, 0.2) is 36.4 Å². The normalized spacial score (nSPS) is 11.5. The Morgan fingerprint density at radius 3 is 2.14 bits per heavy atom. The molecule has 3 nitrogen and oxygen atoms in total. The van der Waals surface area contributed by atoms with Crippen molar-refractivity contribution in [2.45, 2.75) is 6.18 Å². The van der Waals surface area contributed by atoms with E-state index in [4.69, 9.17) is 23.2 Å². The molecular weight excluding hydrogens is 330 g/mol. The van der Waals surface area contributed by atoms with E-state index in [1.807, 2.05) is 0 Å². The number of hydrogen-bond acceptors (Lipinski definition) is 2. The highest BCUT2D eigenvalue weighted by Crippen LogP contribution is 2.45. The van der Waals surface area contributed by atoms with Gasteiger partial charge < -0.3 is 0 Å². The molecule has 0 aromatic heterocycles. The van der Waals surface area contributed by atoms with Gasteiger partial charge in [0.25, 0.3) is 5.69 Å². The summed E-state index contributed by atoms with van der Waals surface area (Å²) in [6, 6.07) is 7.24. The number of nitrogens with zero attached hydrogens (tertiary/aromatic N) is 1. The number of benzene rings is 2. The Hall–Kier alpha value is -1.79. The first-order chi connectivity index (χ1) is 9.73. The molecule has 0 radical (unpaired) electrons. The van der Waals surface area contributed by atoms with Crippen molar-refractivity contribution in [2.24, 2.45) is 0 Å². The van der Waals surface area contributed by atoms with E-state index in [-0.39, 0.29) is 21.2 Å². The van der Waals surface area contributed by atoms with E-state index in [1.54, 1.807) is 0 Å². The summed E-state index contributed by atoms with van der Waals surface area (Å²) in [4.78, 5) is 9.77. The zero-order chi connectivity index (χ0) is 15.8. The number of hydrogen-bond donors (Lipinski definition) is 0. The number of nitro groups is 1. The lowest BCUT2D eigenvalue weighted by Crippen LogP contribution is -2.11. The van der Waals surface area contributed by atoms with Crippen LogP contribution in [-0.4, -0.2) is 4.92 Å². The average Bonchev–Trinajstić information content (AvgIpc) is 2.40. The van der Waals surface area contributed by atoms with Crippen LogP contribution in [-0.2, 0) is 6.18 Å². The van der Waals surface area contributed by atoms with Gasteiger partial charge in [-0.1, -0.05) is 47.5 Å². The molecular formula is C13H6Cl2F3NO2. The van der Waals surface area contributed by atoms with Gasteiger partial charge in [0.1, 0.15) is 5.56 Å². The first kappa shape index (κ1) is 15.6. The maximum absolute atomic E-state index is 13.2. The van der Waals surface area contributed by atoms with Crippen molar-refractivity contribution in [3.05, 3.63) is 62.1 Å². The molecule has 0 fully saturated rings. The van der Waals surface area contributed by atoms with Crippen LogP contribution in [0.4, 0.5) is 18.9 Å². The minimum atomic E-state index is -4.90. The molecule has 0 saturated carbocycles. The highest BCUT2D eigenvalue weighted by atomic mass is 35.5. The van der Waals surface area contributed by atoms with Gasteiger partial charge in [-0.2, -0.15) is 13.2 Å². The SMILES string of the molecule is O=[N+]([O-])c1cccc(-c2cccc(Cl)c2Cl)c1C(F)(F)F. The first-order valence-corrected chi connectivity index (χ1v) is 6.28. The van der Waals surface area contributed by atoms with E-state index in [2.05, 4.69) is 0 Å². The second kappa shape index (κ2) is 5.54. The highest BCUT2D eigenvalue weighted by molar-refractivity contribution is 6.43. The van der Waals surface area contributed by atoms with Crippen LogP contribution >= 0.6 is 23.2 Å². The molecule has 0 bridgehead atoms. The van der Waals surface area contributed by atoms with Gasteiger partial charge in [0.2, 0.25) is 0 Å². The highest BCUT2D eigenvalue weighted by Gasteiger charge is 2.41. The summed E-state index contributed by atoms with van der Waals surface area (Å²) in [6.07, 6.45) is -4.90. The van der Waals surface area contributed by atoms with Crippen LogP contribution in [0.3, 0.4) is 0 Å². The van der Waals surface area contributed by atoms with Gasteiger partial charge in [-0.25, -0.2) is 0 Å². The standard InChI is InChI=1S/C13H6Cl2F3NO2/c14-9-5-1-4-8(12(9)15)7-3-2-6-10(19(20)21)11(7)13(16,17)18/h1-6H. The fraction of sp³-hybridized carbons (Fsp3) is 0.0769. The number of alkyl halides is 3. The molecule has 0 heterocycles. The Bertz CT molecular complexity index is 717. The molecule has 2 rings (SSSR count). The predicted octanol–water partition coefficient (Wildman–Crippen LogP) is 5.59.